The fourth-order valence-corrected chi connectivity index (χ4v) is 3.98. The Bertz CT molecular complexity index is 873. The second kappa shape index (κ2) is 5.88. The number of hydrogen-bond donors (Lipinski definition) is 1. The highest BCUT2D eigenvalue weighted by Crippen LogP contribution is 2.38. The molecule has 1 saturated carbocycles. The molecule has 6 nitrogen and oxygen atoms in total. The molecule has 130 valence electrons. The Labute approximate surface area is 146 Å². The van der Waals surface area contributed by atoms with Crippen molar-refractivity contribution in [2.75, 3.05) is 23.3 Å². The molecular weight excluding hydrogens is 348 g/mol. The Morgan fingerprint density at radius 1 is 1.48 bits per heavy atom. The number of anilines is 2. The van der Waals surface area contributed by atoms with Gasteiger partial charge in [0.2, 0.25) is 5.91 Å². The maximum atomic E-state index is 13.9. The Hall–Kier alpha value is -2.34. The normalized spacial score (nSPS) is 22.6. The zero-order valence-electron chi connectivity index (χ0n) is 13.2. The van der Waals surface area contributed by atoms with Crippen LogP contribution in [0.25, 0.3) is 10.2 Å². The quantitative estimate of drug-likeness (QED) is 0.906. The van der Waals surface area contributed by atoms with Gasteiger partial charge >= 0.3 is 0 Å². The number of halogens is 2. The van der Waals surface area contributed by atoms with Crippen LogP contribution in [0.2, 0.25) is 0 Å². The molecule has 25 heavy (non-hydrogen) atoms. The highest BCUT2D eigenvalue weighted by Gasteiger charge is 2.41. The molecule has 2 aliphatic rings. The van der Waals surface area contributed by atoms with Gasteiger partial charge < -0.3 is 10.2 Å². The molecule has 1 aliphatic carbocycles. The number of rotatable bonds is 3. The van der Waals surface area contributed by atoms with Crippen molar-refractivity contribution in [2.24, 2.45) is 11.8 Å². The summed E-state index contributed by atoms with van der Waals surface area (Å²) in [4.78, 5) is 22.0. The van der Waals surface area contributed by atoms with Gasteiger partial charge in [0.05, 0.1) is 28.7 Å². The van der Waals surface area contributed by atoms with Gasteiger partial charge in [0, 0.05) is 25.1 Å². The molecule has 0 bridgehead atoms. The molecule has 1 unspecified atom stereocenters. The Balaban J connectivity index is 1.64. The molecule has 2 aromatic rings. The van der Waals surface area contributed by atoms with E-state index < -0.39 is 24.8 Å². The van der Waals surface area contributed by atoms with Gasteiger partial charge in [-0.3, -0.25) is 4.79 Å². The van der Waals surface area contributed by atoms with Crippen molar-refractivity contribution in [1.82, 2.24) is 9.97 Å². The van der Waals surface area contributed by atoms with E-state index in [1.54, 1.807) is 6.07 Å². The van der Waals surface area contributed by atoms with E-state index in [-0.39, 0.29) is 18.4 Å². The van der Waals surface area contributed by atoms with Crippen LogP contribution in [0.3, 0.4) is 0 Å². The number of nitriles is 1. The van der Waals surface area contributed by atoms with Crippen LogP contribution in [0.5, 0.6) is 0 Å². The lowest BCUT2D eigenvalue weighted by Crippen LogP contribution is -2.46. The van der Waals surface area contributed by atoms with E-state index in [1.807, 2.05) is 6.07 Å². The van der Waals surface area contributed by atoms with E-state index in [0.29, 0.717) is 21.2 Å². The molecular formula is C16H15F2N5OS. The summed E-state index contributed by atoms with van der Waals surface area (Å²) in [6.07, 6.45) is 2.88. The first kappa shape index (κ1) is 16.1. The average Bonchev–Trinajstić information content (AvgIpc) is 3.32. The summed E-state index contributed by atoms with van der Waals surface area (Å²) in [6.45, 7) is -0.231. The van der Waals surface area contributed by atoms with Crippen LogP contribution in [-0.2, 0) is 4.79 Å². The van der Waals surface area contributed by atoms with Crippen molar-refractivity contribution < 1.29 is 13.6 Å². The Morgan fingerprint density at radius 2 is 2.28 bits per heavy atom. The standard InChI is InChI=1S/C16H15F2N5OS/c17-16(18)5-9(6-19)7-23(8-16)15-21-11-3-4-20-13(12(11)25-15)22-14(24)10-1-2-10/h3-4,9-10H,1-2,5,7-8H2,(H,20,22,24). The molecule has 1 atom stereocenters. The third-order valence-electron chi connectivity index (χ3n) is 4.34. The summed E-state index contributed by atoms with van der Waals surface area (Å²) in [6, 6.07) is 3.62. The number of nitrogens with one attached hydrogen (secondary N) is 1. The number of amides is 1. The number of alkyl halides is 2. The molecule has 2 fully saturated rings. The Kier molecular flexibility index (Phi) is 3.80. The molecule has 2 aromatic heterocycles. The molecule has 0 aromatic carbocycles. The molecule has 1 saturated heterocycles. The highest BCUT2D eigenvalue weighted by atomic mass is 32.1. The second-order valence-corrected chi connectivity index (χ2v) is 7.51. The van der Waals surface area contributed by atoms with Crippen molar-refractivity contribution in [3.05, 3.63) is 12.3 Å². The smallest absolute Gasteiger partial charge is 0.266 e. The average molecular weight is 363 g/mol. The Morgan fingerprint density at radius 3 is 3.00 bits per heavy atom. The summed E-state index contributed by atoms with van der Waals surface area (Å²) >= 11 is 1.21. The number of fused-ring (bicyclic) bond motifs is 1. The fraction of sp³-hybridized carbons (Fsp3) is 0.500. The van der Waals surface area contributed by atoms with Crippen LogP contribution in [-0.4, -0.2) is 34.9 Å². The van der Waals surface area contributed by atoms with E-state index in [1.165, 1.54) is 22.4 Å². The van der Waals surface area contributed by atoms with E-state index >= 15 is 0 Å². The topological polar surface area (TPSA) is 81.9 Å². The predicted octanol–water partition coefficient (Wildman–Crippen LogP) is 3.02. The molecule has 1 amide bonds. The molecule has 1 N–H and O–H groups in total. The molecule has 3 heterocycles. The number of carbonyl (C=O) groups is 1. The second-order valence-electron chi connectivity index (χ2n) is 6.53. The predicted molar refractivity (Wildman–Crippen MR) is 89.6 cm³/mol. The minimum absolute atomic E-state index is 0.0432. The third kappa shape index (κ3) is 3.26. The third-order valence-corrected chi connectivity index (χ3v) is 5.48. The molecule has 0 spiro atoms. The zero-order valence-corrected chi connectivity index (χ0v) is 14.0. The van der Waals surface area contributed by atoms with Crippen molar-refractivity contribution >= 4 is 38.4 Å². The first-order chi connectivity index (χ1) is 11.9. The molecule has 4 rings (SSSR count). The van der Waals surface area contributed by atoms with Gasteiger partial charge in [-0.05, 0) is 18.9 Å². The molecule has 0 radical (unpaired) electrons. The SMILES string of the molecule is N#CC1CN(c2nc3ccnc(NC(=O)C4CC4)c3s2)CC(F)(F)C1. The van der Waals surface area contributed by atoms with Crippen molar-refractivity contribution in [3.63, 3.8) is 0 Å². The van der Waals surface area contributed by atoms with Gasteiger partial charge in [-0.25, -0.2) is 18.7 Å². The number of piperidine rings is 1. The molecule has 9 heteroatoms. The number of aromatic nitrogens is 2. The number of nitrogens with zero attached hydrogens (tertiary/aromatic N) is 4. The lowest BCUT2D eigenvalue weighted by Gasteiger charge is -2.34. The maximum absolute atomic E-state index is 13.9. The zero-order chi connectivity index (χ0) is 17.6. The minimum Gasteiger partial charge on any atom is -0.341 e. The monoisotopic (exact) mass is 363 g/mol. The van der Waals surface area contributed by atoms with Gasteiger partial charge in [-0.1, -0.05) is 11.3 Å². The van der Waals surface area contributed by atoms with Gasteiger partial charge in [-0.2, -0.15) is 5.26 Å². The molecule has 1 aliphatic heterocycles. The van der Waals surface area contributed by atoms with Gasteiger partial charge in [0.15, 0.2) is 10.9 Å². The van der Waals surface area contributed by atoms with Crippen molar-refractivity contribution in [3.8, 4) is 6.07 Å². The van der Waals surface area contributed by atoms with Gasteiger partial charge in [0.1, 0.15) is 0 Å². The van der Waals surface area contributed by atoms with Crippen LogP contribution in [0, 0.1) is 23.2 Å². The van der Waals surface area contributed by atoms with Crippen LogP contribution < -0.4 is 10.2 Å². The van der Waals surface area contributed by atoms with E-state index in [4.69, 9.17) is 5.26 Å². The van der Waals surface area contributed by atoms with E-state index in [9.17, 15) is 13.6 Å². The summed E-state index contributed by atoms with van der Waals surface area (Å²) in [5.41, 5.74) is 0.600. The summed E-state index contributed by atoms with van der Waals surface area (Å²) < 4.78 is 28.5. The summed E-state index contributed by atoms with van der Waals surface area (Å²) in [5.74, 6) is -3.26. The van der Waals surface area contributed by atoms with Crippen LogP contribution in [0.4, 0.5) is 19.7 Å². The maximum Gasteiger partial charge on any atom is 0.266 e. The van der Waals surface area contributed by atoms with Crippen molar-refractivity contribution in [1.29, 1.82) is 5.26 Å². The highest BCUT2D eigenvalue weighted by molar-refractivity contribution is 7.22. The first-order valence-electron chi connectivity index (χ1n) is 8.04. The number of carbonyl (C=O) groups excluding carboxylic acids is 1. The summed E-state index contributed by atoms with van der Waals surface area (Å²) in [7, 11) is 0. The lowest BCUT2D eigenvalue weighted by atomic mass is 9.97. The largest absolute Gasteiger partial charge is 0.341 e. The fourth-order valence-electron chi connectivity index (χ4n) is 2.96. The van der Waals surface area contributed by atoms with E-state index in [0.717, 1.165) is 12.8 Å². The lowest BCUT2D eigenvalue weighted by molar-refractivity contribution is -0.117. The summed E-state index contributed by atoms with van der Waals surface area (Å²) in [5, 5.41) is 12.3. The number of pyridine rings is 1. The minimum atomic E-state index is -2.92. The van der Waals surface area contributed by atoms with Crippen LogP contribution >= 0.6 is 11.3 Å². The van der Waals surface area contributed by atoms with Gasteiger partial charge in [0.25, 0.3) is 5.92 Å². The number of hydrogen-bond acceptors (Lipinski definition) is 6. The van der Waals surface area contributed by atoms with Crippen LogP contribution in [0.1, 0.15) is 19.3 Å². The first-order valence-corrected chi connectivity index (χ1v) is 8.85. The van der Waals surface area contributed by atoms with Crippen LogP contribution in [0.15, 0.2) is 12.3 Å². The van der Waals surface area contributed by atoms with Crippen molar-refractivity contribution in [2.45, 2.75) is 25.2 Å². The van der Waals surface area contributed by atoms with E-state index in [2.05, 4.69) is 15.3 Å². The van der Waals surface area contributed by atoms with Gasteiger partial charge in [-0.15, -0.1) is 0 Å². The number of thiazole rings is 1.